The molecule has 0 aromatic heterocycles. The molecule has 0 spiro atoms. The average molecular weight is 485 g/mol. The number of carbonyl (C=O) groups is 1. The second-order valence-electron chi connectivity index (χ2n) is 7.15. The number of hydrogen-bond donors (Lipinski definition) is 0. The van der Waals surface area contributed by atoms with E-state index < -0.39 is 10.0 Å². The zero-order valence-corrected chi connectivity index (χ0v) is 19.2. The molecule has 0 saturated heterocycles. The molecule has 0 aliphatic heterocycles. The van der Waals surface area contributed by atoms with Crippen LogP contribution in [0.25, 0.3) is 0 Å². The van der Waals surface area contributed by atoms with Gasteiger partial charge in [0.05, 0.1) is 10.6 Å². The normalized spacial score (nSPS) is 16.6. The van der Waals surface area contributed by atoms with Crippen LogP contribution in [0.2, 0.25) is 0 Å². The van der Waals surface area contributed by atoms with Gasteiger partial charge in [-0.3, -0.25) is 4.79 Å². The fraction of sp³-hybridized carbons (Fsp3) is 0.174. The Hall–Kier alpha value is -2.64. The molecule has 1 aliphatic carbocycles. The van der Waals surface area contributed by atoms with Gasteiger partial charge in [-0.25, -0.2) is 4.99 Å². The van der Waals surface area contributed by atoms with Crippen molar-refractivity contribution in [2.24, 2.45) is 15.3 Å². The van der Waals surface area contributed by atoms with Crippen molar-refractivity contribution < 1.29 is 13.2 Å². The second-order valence-corrected chi connectivity index (χ2v) is 9.67. The lowest BCUT2D eigenvalue weighted by molar-refractivity contribution is -0.111. The fourth-order valence-electron chi connectivity index (χ4n) is 2.87. The molecule has 5 nitrogen and oxygen atoms in total. The quantitative estimate of drug-likeness (QED) is 0.342. The number of carbonyl (C=O) groups excluding carboxylic acids is 1. The monoisotopic (exact) mass is 484 g/mol. The van der Waals surface area contributed by atoms with E-state index in [1.807, 2.05) is 19.9 Å². The molecule has 0 unspecified atom stereocenters. The number of aliphatic imine (C=N–C) groups is 1. The van der Waals surface area contributed by atoms with Crippen molar-refractivity contribution in [3.8, 4) is 0 Å². The van der Waals surface area contributed by atoms with Crippen molar-refractivity contribution in [3.63, 3.8) is 0 Å². The molecule has 2 aromatic carbocycles. The van der Waals surface area contributed by atoms with Crippen molar-refractivity contribution in [2.75, 3.05) is 0 Å². The molecule has 0 fully saturated rings. The molecule has 1 aliphatic rings. The van der Waals surface area contributed by atoms with Gasteiger partial charge in [-0.2, -0.15) is 8.42 Å². The standard InChI is InChI=1S/C23H21BrN2O3S/c1-15(2)20-14-21(16(3)13-22(20)27)25-23(17-7-5-4-6-8-17)26-30(28,29)19-11-9-18(24)10-12-19/h4-15H,1-3H3. The van der Waals surface area contributed by atoms with Crippen LogP contribution in [0.3, 0.4) is 0 Å². The van der Waals surface area contributed by atoms with Gasteiger partial charge in [0.25, 0.3) is 10.0 Å². The van der Waals surface area contributed by atoms with E-state index in [2.05, 4.69) is 25.3 Å². The summed E-state index contributed by atoms with van der Waals surface area (Å²) in [6.45, 7) is 5.64. The van der Waals surface area contributed by atoms with E-state index in [1.54, 1.807) is 49.4 Å². The first-order chi connectivity index (χ1) is 14.2. The number of nitrogens with zero attached hydrogens (tertiary/aromatic N) is 2. The molecule has 30 heavy (non-hydrogen) atoms. The van der Waals surface area contributed by atoms with Gasteiger partial charge in [-0.1, -0.05) is 60.1 Å². The number of benzene rings is 2. The van der Waals surface area contributed by atoms with Crippen LogP contribution >= 0.6 is 15.9 Å². The zero-order chi connectivity index (χ0) is 21.9. The van der Waals surface area contributed by atoms with Gasteiger partial charge in [0.15, 0.2) is 11.6 Å². The third-order valence-corrected chi connectivity index (χ3v) is 6.34. The van der Waals surface area contributed by atoms with Crippen LogP contribution in [0.15, 0.2) is 96.7 Å². The third kappa shape index (κ3) is 5.09. The van der Waals surface area contributed by atoms with E-state index in [4.69, 9.17) is 0 Å². The maximum absolute atomic E-state index is 12.9. The summed E-state index contributed by atoms with van der Waals surface area (Å²) in [7, 11) is -3.98. The highest BCUT2D eigenvalue weighted by Crippen LogP contribution is 2.21. The van der Waals surface area contributed by atoms with Crippen molar-refractivity contribution in [1.29, 1.82) is 0 Å². The summed E-state index contributed by atoms with van der Waals surface area (Å²) < 4.78 is 30.6. The van der Waals surface area contributed by atoms with Gasteiger partial charge < -0.3 is 0 Å². The molecule has 7 heteroatoms. The molecule has 2 aromatic rings. The molecule has 0 radical (unpaired) electrons. The van der Waals surface area contributed by atoms with E-state index in [1.165, 1.54) is 18.2 Å². The van der Waals surface area contributed by atoms with Gasteiger partial charge in [-0.15, -0.1) is 4.40 Å². The molecule has 0 heterocycles. The van der Waals surface area contributed by atoms with Gasteiger partial charge >= 0.3 is 0 Å². The van der Waals surface area contributed by atoms with Crippen molar-refractivity contribution >= 4 is 43.3 Å². The highest BCUT2D eigenvalue weighted by Gasteiger charge is 2.21. The van der Waals surface area contributed by atoms with Crippen molar-refractivity contribution in [1.82, 2.24) is 0 Å². The van der Waals surface area contributed by atoms with Gasteiger partial charge in [-0.05, 0) is 54.8 Å². The second kappa shape index (κ2) is 9.02. The summed E-state index contributed by atoms with van der Waals surface area (Å²) in [5.74, 6) is 0.0350. The smallest absolute Gasteiger partial charge is 0.284 e. The zero-order valence-electron chi connectivity index (χ0n) is 16.8. The predicted octanol–water partition coefficient (Wildman–Crippen LogP) is 5.14. The maximum atomic E-state index is 12.9. The topological polar surface area (TPSA) is 75.9 Å². The minimum Gasteiger partial charge on any atom is -0.290 e. The van der Waals surface area contributed by atoms with Crippen LogP contribution in [-0.4, -0.2) is 25.7 Å². The summed E-state index contributed by atoms with van der Waals surface area (Å²) in [6.07, 6.45) is 3.24. The van der Waals surface area contributed by atoms with Crippen LogP contribution < -0.4 is 0 Å². The van der Waals surface area contributed by atoms with E-state index in [-0.39, 0.29) is 22.4 Å². The molecular formula is C23H21BrN2O3S. The Balaban J connectivity index is 2.16. The van der Waals surface area contributed by atoms with E-state index in [0.29, 0.717) is 22.4 Å². The molecule has 0 amide bonds. The molecule has 0 N–H and O–H groups in total. The number of hydrogen-bond acceptors (Lipinski definition) is 3. The van der Waals surface area contributed by atoms with Crippen LogP contribution in [0, 0.1) is 5.92 Å². The summed E-state index contributed by atoms with van der Waals surface area (Å²) in [4.78, 5) is 16.9. The van der Waals surface area contributed by atoms with Crippen molar-refractivity contribution in [2.45, 2.75) is 25.7 Å². The first kappa shape index (κ1) is 22.1. The summed E-state index contributed by atoms with van der Waals surface area (Å²) in [6, 6.07) is 15.2. The lowest BCUT2D eigenvalue weighted by Crippen LogP contribution is -2.17. The van der Waals surface area contributed by atoms with Crippen LogP contribution in [0.5, 0.6) is 0 Å². The molecule has 0 bridgehead atoms. The van der Waals surface area contributed by atoms with Crippen LogP contribution in [-0.2, 0) is 14.8 Å². The highest BCUT2D eigenvalue weighted by molar-refractivity contribution is 9.10. The number of amidine groups is 1. The summed E-state index contributed by atoms with van der Waals surface area (Å²) in [5.41, 5.74) is 2.37. The Bertz CT molecular complexity index is 1190. The Morgan fingerprint density at radius 1 is 0.967 bits per heavy atom. The Morgan fingerprint density at radius 2 is 1.60 bits per heavy atom. The molecule has 3 rings (SSSR count). The fourth-order valence-corrected chi connectivity index (χ4v) is 4.09. The van der Waals surface area contributed by atoms with Gasteiger partial charge in [0.1, 0.15) is 0 Å². The van der Waals surface area contributed by atoms with Crippen molar-refractivity contribution in [3.05, 3.63) is 87.9 Å². The molecule has 0 saturated carbocycles. The van der Waals surface area contributed by atoms with Gasteiger partial charge in [0, 0.05) is 15.6 Å². The predicted molar refractivity (Wildman–Crippen MR) is 123 cm³/mol. The minimum absolute atomic E-state index is 0.0238. The highest BCUT2D eigenvalue weighted by atomic mass is 79.9. The first-order valence-electron chi connectivity index (χ1n) is 9.36. The largest absolute Gasteiger partial charge is 0.290 e. The van der Waals surface area contributed by atoms with E-state index in [0.717, 1.165) is 4.47 Å². The lowest BCUT2D eigenvalue weighted by atomic mass is 9.90. The molecule has 0 atom stereocenters. The Morgan fingerprint density at radius 3 is 2.20 bits per heavy atom. The average Bonchev–Trinajstić information content (AvgIpc) is 2.70. The van der Waals surface area contributed by atoms with Crippen LogP contribution in [0.4, 0.5) is 0 Å². The number of ketones is 1. The Kier molecular flexibility index (Phi) is 6.63. The first-order valence-corrected chi connectivity index (χ1v) is 11.6. The van der Waals surface area contributed by atoms with E-state index >= 15 is 0 Å². The third-order valence-electron chi connectivity index (χ3n) is 4.53. The summed E-state index contributed by atoms with van der Waals surface area (Å²) in [5, 5.41) is 0. The Labute approximate surface area is 185 Å². The number of sulfonamides is 1. The minimum atomic E-state index is -3.98. The maximum Gasteiger partial charge on any atom is 0.284 e. The van der Waals surface area contributed by atoms with Gasteiger partial charge in [0.2, 0.25) is 0 Å². The lowest BCUT2D eigenvalue weighted by Gasteiger charge is -2.15. The molecular weight excluding hydrogens is 464 g/mol. The van der Waals surface area contributed by atoms with E-state index in [9.17, 15) is 13.2 Å². The SMILES string of the molecule is CC1=CC(=O)C(C(C)C)=CC1=NC(=NS(=O)(=O)c1ccc(Br)cc1)c1ccccc1. The number of halogens is 1. The van der Waals surface area contributed by atoms with Crippen LogP contribution in [0.1, 0.15) is 26.3 Å². The number of allylic oxidation sites excluding steroid dienone is 4. The number of rotatable bonds is 4. The molecule has 154 valence electrons. The summed E-state index contributed by atoms with van der Waals surface area (Å²) >= 11 is 3.30.